The highest BCUT2D eigenvalue weighted by Crippen LogP contribution is 2.29. The molecule has 1 unspecified atom stereocenters. The second-order valence-corrected chi connectivity index (χ2v) is 8.62. The van der Waals surface area contributed by atoms with E-state index < -0.39 is 10.8 Å². The molecule has 0 radical (unpaired) electrons. The van der Waals surface area contributed by atoms with Crippen molar-refractivity contribution in [2.45, 2.75) is 32.4 Å². The third-order valence-electron chi connectivity index (χ3n) is 5.98. The minimum Gasteiger partial charge on any atom is -0.371 e. The number of nitrogens with one attached hydrogen (secondary N) is 3. The minimum absolute atomic E-state index is 0.132. The van der Waals surface area contributed by atoms with Crippen LogP contribution in [0.4, 0.5) is 21.9 Å². The molecular weight excluding hydrogens is 460 g/mol. The van der Waals surface area contributed by atoms with Crippen LogP contribution in [-0.4, -0.2) is 39.8 Å². The van der Waals surface area contributed by atoms with Crippen molar-refractivity contribution in [3.8, 4) is 0 Å². The Hall–Kier alpha value is -4.47. The van der Waals surface area contributed by atoms with Crippen molar-refractivity contribution in [1.82, 2.24) is 15.2 Å². The molecule has 36 heavy (non-hydrogen) atoms. The van der Waals surface area contributed by atoms with Gasteiger partial charge < -0.3 is 20.9 Å². The number of carbonyl (C=O) groups excluding carboxylic acids is 2. The number of nitro groups is 1. The fraction of sp³-hybridized carbons (Fsp3) is 0.269. The van der Waals surface area contributed by atoms with E-state index >= 15 is 0 Å². The summed E-state index contributed by atoms with van der Waals surface area (Å²) in [6, 6.07) is 16.6. The molecule has 2 aromatic carbocycles. The molecule has 2 heterocycles. The number of rotatable bonds is 8. The molecule has 1 atom stereocenters. The van der Waals surface area contributed by atoms with Crippen LogP contribution in [0.5, 0.6) is 0 Å². The molecule has 10 nitrogen and oxygen atoms in total. The van der Waals surface area contributed by atoms with Gasteiger partial charge in [-0.1, -0.05) is 18.2 Å². The van der Waals surface area contributed by atoms with Gasteiger partial charge in [0.2, 0.25) is 0 Å². The van der Waals surface area contributed by atoms with E-state index in [1.165, 1.54) is 12.1 Å². The summed E-state index contributed by atoms with van der Waals surface area (Å²) in [5.41, 5.74) is 2.46. The lowest BCUT2D eigenvalue weighted by Crippen LogP contribution is -2.32. The van der Waals surface area contributed by atoms with Gasteiger partial charge in [0, 0.05) is 43.1 Å². The molecular formula is C26H28N6O4. The Morgan fingerprint density at radius 1 is 1.08 bits per heavy atom. The van der Waals surface area contributed by atoms with Crippen molar-refractivity contribution in [2.75, 3.05) is 23.7 Å². The lowest BCUT2D eigenvalue weighted by atomic mass is 10.1. The Balaban J connectivity index is 1.39. The lowest BCUT2D eigenvalue weighted by Gasteiger charge is -2.16. The molecule has 0 spiro atoms. The molecule has 3 N–H and O–H groups in total. The van der Waals surface area contributed by atoms with Crippen LogP contribution < -0.4 is 16.0 Å². The maximum atomic E-state index is 12.7. The Labute approximate surface area is 208 Å². The predicted molar refractivity (Wildman–Crippen MR) is 137 cm³/mol. The Morgan fingerprint density at radius 2 is 1.89 bits per heavy atom. The number of carbonyl (C=O) groups is 2. The maximum Gasteiger partial charge on any atom is 0.321 e. The molecule has 0 aliphatic carbocycles. The van der Waals surface area contributed by atoms with Crippen LogP contribution in [0.3, 0.4) is 0 Å². The minimum atomic E-state index is -0.517. The number of nitro benzene ring substituents is 1. The van der Waals surface area contributed by atoms with Gasteiger partial charge in [0.05, 0.1) is 16.7 Å². The quantitative estimate of drug-likeness (QED) is 0.311. The number of likely N-dealkylation sites (tertiary alicyclic amines) is 1. The second kappa shape index (κ2) is 11.3. The van der Waals surface area contributed by atoms with E-state index in [9.17, 15) is 19.7 Å². The molecule has 1 aliphatic rings. The summed E-state index contributed by atoms with van der Waals surface area (Å²) in [7, 11) is 0. The summed E-state index contributed by atoms with van der Waals surface area (Å²) in [4.78, 5) is 42.3. The van der Waals surface area contributed by atoms with Crippen molar-refractivity contribution in [1.29, 1.82) is 0 Å². The average Bonchev–Trinajstić information content (AvgIpc) is 3.43. The summed E-state index contributed by atoms with van der Waals surface area (Å²) in [5, 5.41) is 20.5. The first-order valence-corrected chi connectivity index (χ1v) is 11.8. The van der Waals surface area contributed by atoms with E-state index in [1.807, 2.05) is 25.1 Å². The number of benzene rings is 2. The normalized spacial score (nSPS) is 13.6. The molecule has 0 saturated carbocycles. The van der Waals surface area contributed by atoms with E-state index in [4.69, 9.17) is 0 Å². The van der Waals surface area contributed by atoms with E-state index in [0.717, 1.165) is 37.2 Å². The largest absolute Gasteiger partial charge is 0.371 e. The highest BCUT2D eigenvalue weighted by atomic mass is 16.6. The summed E-state index contributed by atoms with van der Waals surface area (Å²) in [6.45, 7) is 3.57. The Bertz CT molecular complexity index is 1240. The fourth-order valence-electron chi connectivity index (χ4n) is 4.05. The van der Waals surface area contributed by atoms with Crippen molar-refractivity contribution in [2.24, 2.45) is 0 Å². The van der Waals surface area contributed by atoms with Crippen LogP contribution in [0, 0.1) is 10.1 Å². The predicted octanol–water partition coefficient (Wildman–Crippen LogP) is 4.72. The molecule has 1 aromatic heterocycles. The van der Waals surface area contributed by atoms with E-state index in [1.54, 1.807) is 41.4 Å². The van der Waals surface area contributed by atoms with Gasteiger partial charge in [-0.05, 0) is 61.7 Å². The first-order chi connectivity index (χ1) is 17.4. The van der Waals surface area contributed by atoms with Gasteiger partial charge in [0.1, 0.15) is 5.69 Å². The number of hydrogen-bond donors (Lipinski definition) is 3. The molecule has 3 aromatic rings. The molecule has 4 rings (SSSR count). The van der Waals surface area contributed by atoms with Crippen LogP contribution >= 0.6 is 0 Å². The maximum absolute atomic E-state index is 12.7. The lowest BCUT2D eigenvalue weighted by molar-refractivity contribution is -0.384. The van der Waals surface area contributed by atoms with E-state index in [-0.39, 0.29) is 29.9 Å². The fourth-order valence-corrected chi connectivity index (χ4v) is 4.05. The molecule has 3 amide bonds. The van der Waals surface area contributed by atoms with Gasteiger partial charge in [0.15, 0.2) is 0 Å². The molecule has 186 valence electrons. The van der Waals surface area contributed by atoms with Crippen LogP contribution in [-0.2, 0) is 6.54 Å². The second-order valence-electron chi connectivity index (χ2n) is 8.62. The topological polar surface area (TPSA) is 130 Å². The van der Waals surface area contributed by atoms with Crippen LogP contribution in [0.25, 0.3) is 0 Å². The number of hydrogen-bond acceptors (Lipinski definition) is 6. The molecule has 1 fully saturated rings. The first kappa shape index (κ1) is 24.6. The standard InChI is InChI=1S/C26H28N6O4/c1-18(22-9-2-3-12-27-22)29-23-11-10-20(16-24(23)32(35)36)25(33)28-17-19-7-6-8-21(15-19)30-26(34)31-13-4-5-14-31/h2-3,6-12,15-16,18,29H,4-5,13-14,17H2,1H3,(H,28,33)(H,30,34). The first-order valence-electron chi connectivity index (χ1n) is 11.8. The third-order valence-corrected chi connectivity index (χ3v) is 5.98. The number of nitrogens with zero attached hydrogens (tertiary/aromatic N) is 3. The molecule has 1 aliphatic heterocycles. The summed E-state index contributed by atoms with van der Waals surface area (Å²) >= 11 is 0. The van der Waals surface area contributed by atoms with E-state index in [2.05, 4.69) is 20.9 Å². The Morgan fingerprint density at radius 3 is 2.61 bits per heavy atom. The van der Waals surface area contributed by atoms with Crippen molar-refractivity contribution >= 4 is 29.0 Å². The number of pyridine rings is 1. The van der Waals surface area contributed by atoms with Crippen LogP contribution in [0.2, 0.25) is 0 Å². The van der Waals surface area contributed by atoms with Gasteiger partial charge in [-0.2, -0.15) is 0 Å². The average molecular weight is 489 g/mol. The molecule has 1 saturated heterocycles. The zero-order valence-corrected chi connectivity index (χ0v) is 19.9. The summed E-state index contributed by atoms with van der Waals surface area (Å²) in [6.07, 6.45) is 3.68. The van der Waals surface area contributed by atoms with Crippen molar-refractivity contribution in [3.05, 3.63) is 93.8 Å². The van der Waals surface area contributed by atoms with Gasteiger partial charge in [-0.3, -0.25) is 19.9 Å². The van der Waals surface area contributed by atoms with Gasteiger partial charge in [-0.25, -0.2) is 4.79 Å². The monoisotopic (exact) mass is 488 g/mol. The van der Waals surface area contributed by atoms with Gasteiger partial charge >= 0.3 is 6.03 Å². The number of amides is 3. The highest BCUT2D eigenvalue weighted by molar-refractivity contribution is 5.95. The number of anilines is 2. The van der Waals surface area contributed by atoms with Gasteiger partial charge in [0.25, 0.3) is 11.6 Å². The number of aromatic nitrogens is 1. The molecule has 0 bridgehead atoms. The Kier molecular flexibility index (Phi) is 7.74. The van der Waals surface area contributed by atoms with Crippen LogP contribution in [0.15, 0.2) is 66.9 Å². The van der Waals surface area contributed by atoms with Crippen molar-refractivity contribution in [3.63, 3.8) is 0 Å². The number of urea groups is 1. The highest BCUT2D eigenvalue weighted by Gasteiger charge is 2.20. The van der Waals surface area contributed by atoms with Gasteiger partial charge in [-0.15, -0.1) is 0 Å². The van der Waals surface area contributed by atoms with Crippen LogP contribution in [0.1, 0.15) is 47.4 Å². The molecule has 10 heteroatoms. The smallest absolute Gasteiger partial charge is 0.321 e. The van der Waals surface area contributed by atoms with E-state index in [0.29, 0.717) is 11.4 Å². The zero-order chi connectivity index (χ0) is 25.5. The van der Waals surface area contributed by atoms with Crippen molar-refractivity contribution < 1.29 is 14.5 Å². The SMILES string of the molecule is CC(Nc1ccc(C(=O)NCc2cccc(NC(=O)N3CCCC3)c2)cc1[N+](=O)[O-])c1ccccn1. The zero-order valence-electron chi connectivity index (χ0n) is 19.9. The summed E-state index contributed by atoms with van der Waals surface area (Å²) in [5.74, 6) is -0.436. The summed E-state index contributed by atoms with van der Waals surface area (Å²) < 4.78 is 0. The third kappa shape index (κ3) is 6.15.